The van der Waals surface area contributed by atoms with Gasteiger partial charge in [0.1, 0.15) is 5.69 Å². The smallest absolute Gasteiger partial charge is 0.269 e. The van der Waals surface area contributed by atoms with Gasteiger partial charge in [0.25, 0.3) is 11.7 Å². The minimum absolute atomic E-state index is 0.237. The zero-order chi connectivity index (χ0) is 13.2. The number of amides is 1. The Bertz CT molecular complexity index is 736. The average Bonchev–Trinajstić information content (AvgIpc) is 2.91. The van der Waals surface area contributed by atoms with E-state index >= 15 is 0 Å². The van der Waals surface area contributed by atoms with E-state index in [-0.39, 0.29) is 5.91 Å². The lowest BCUT2D eigenvalue weighted by Gasteiger charge is -2.00. The Morgan fingerprint density at radius 1 is 1.21 bits per heavy atom. The van der Waals surface area contributed by atoms with Crippen molar-refractivity contribution < 1.29 is 4.79 Å². The Hall–Kier alpha value is -2.83. The molecule has 0 aliphatic carbocycles. The number of carbonyl (C=O) groups is 1. The molecular formula is C12H10N6O. The van der Waals surface area contributed by atoms with Crippen molar-refractivity contribution >= 4 is 11.7 Å². The lowest BCUT2D eigenvalue weighted by atomic mass is 10.3. The van der Waals surface area contributed by atoms with Gasteiger partial charge in [-0.05, 0) is 18.2 Å². The standard InChI is InChI=1S/C12H10N6O/c1-13-11(19)9-4-7-15-12-16-10(17-18(9)12)8-2-5-14-6-3-8/h2-7H,1H3,(H,13,19). The van der Waals surface area contributed by atoms with Crippen molar-refractivity contribution in [3.05, 3.63) is 42.5 Å². The SMILES string of the molecule is CNC(=O)c1ccnc2nc(-c3ccncc3)nn12. The van der Waals surface area contributed by atoms with E-state index in [1.807, 2.05) is 0 Å². The van der Waals surface area contributed by atoms with Gasteiger partial charge in [0.15, 0.2) is 5.82 Å². The van der Waals surface area contributed by atoms with Gasteiger partial charge in [-0.3, -0.25) is 9.78 Å². The summed E-state index contributed by atoms with van der Waals surface area (Å²) in [4.78, 5) is 24.1. The molecule has 0 saturated carbocycles. The molecule has 3 aromatic rings. The first kappa shape index (κ1) is 11.3. The van der Waals surface area contributed by atoms with Crippen LogP contribution in [0.25, 0.3) is 17.2 Å². The molecule has 3 rings (SSSR count). The lowest BCUT2D eigenvalue weighted by molar-refractivity contribution is 0.0955. The van der Waals surface area contributed by atoms with Crippen LogP contribution < -0.4 is 5.32 Å². The molecule has 3 aromatic heterocycles. The third-order valence-electron chi connectivity index (χ3n) is 2.64. The number of hydrogen-bond donors (Lipinski definition) is 1. The van der Waals surface area contributed by atoms with Crippen molar-refractivity contribution in [1.29, 1.82) is 0 Å². The first-order chi connectivity index (χ1) is 9.29. The molecule has 0 aliphatic rings. The normalized spacial score (nSPS) is 10.6. The molecular weight excluding hydrogens is 244 g/mol. The van der Waals surface area contributed by atoms with Crippen molar-refractivity contribution in [2.45, 2.75) is 0 Å². The van der Waals surface area contributed by atoms with Gasteiger partial charge in [-0.25, -0.2) is 4.98 Å². The highest BCUT2D eigenvalue weighted by molar-refractivity contribution is 5.92. The second-order valence-electron chi connectivity index (χ2n) is 3.79. The minimum Gasteiger partial charge on any atom is -0.354 e. The number of nitrogens with zero attached hydrogens (tertiary/aromatic N) is 5. The first-order valence-corrected chi connectivity index (χ1v) is 5.64. The minimum atomic E-state index is -0.237. The summed E-state index contributed by atoms with van der Waals surface area (Å²) in [7, 11) is 1.56. The highest BCUT2D eigenvalue weighted by atomic mass is 16.1. The molecule has 0 aromatic carbocycles. The Balaban J connectivity index is 2.19. The summed E-state index contributed by atoms with van der Waals surface area (Å²) in [5.74, 6) is 0.651. The van der Waals surface area contributed by atoms with Crippen LogP contribution in [0.15, 0.2) is 36.8 Å². The van der Waals surface area contributed by atoms with Gasteiger partial charge in [-0.15, -0.1) is 5.10 Å². The maximum atomic E-state index is 11.7. The van der Waals surface area contributed by atoms with E-state index in [0.29, 0.717) is 17.3 Å². The number of rotatable bonds is 2. The van der Waals surface area contributed by atoms with Crippen molar-refractivity contribution in [1.82, 2.24) is 29.9 Å². The van der Waals surface area contributed by atoms with Crippen LogP contribution in [0.3, 0.4) is 0 Å². The molecule has 0 aliphatic heterocycles. The van der Waals surface area contributed by atoms with E-state index in [9.17, 15) is 4.79 Å². The van der Waals surface area contributed by atoms with Crippen LogP contribution in [0, 0.1) is 0 Å². The molecule has 0 radical (unpaired) electrons. The molecule has 1 N–H and O–H groups in total. The fourth-order valence-corrected chi connectivity index (χ4v) is 1.72. The van der Waals surface area contributed by atoms with Crippen molar-refractivity contribution in [2.75, 3.05) is 7.05 Å². The van der Waals surface area contributed by atoms with E-state index in [1.165, 1.54) is 10.7 Å². The number of fused-ring (bicyclic) bond motifs is 1. The van der Waals surface area contributed by atoms with Gasteiger partial charge >= 0.3 is 0 Å². The Labute approximate surface area is 108 Å². The molecule has 0 fully saturated rings. The van der Waals surface area contributed by atoms with Crippen LogP contribution in [-0.4, -0.2) is 37.5 Å². The molecule has 7 heteroatoms. The number of pyridine rings is 1. The third-order valence-corrected chi connectivity index (χ3v) is 2.64. The van der Waals surface area contributed by atoms with Crippen LogP contribution in [0.4, 0.5) is 0 Å². The van der Waals surface area contributed by atoms with Crippen LogP contribution in [0.1, 0.15) is 10.5 Å². The summed E-state index contributed by atoms with van der Waals surface area (Å²) in [6.45, 7) is 0. The number of nitrogens with one attached hydrogen (secondary N) is 1. The summed E-state index contributed by atoms with van der Waals surface area (Å²) in [6, 6.07) is 5.19. The monoisotopic (exact) mass is 254 g/mol. The highest BCUT2D eigenvalue weighted by Crippen LogP contribution is 2.14. The summed E-state index contributed by atoms with van der Waals surface area (Å²) >= 11 is 0. The highest BCUT2D eigenvalue weighted by Gasteiger charge is 2.13. The van der Waals surface area contributed by atoms with E-state index in [0.717, 1.165) is 5.56 Å². The third kappa shape index (κ3) is 1.90. The van der Waals surface area contributed by atoms with Crippen LogP contribution in [0.2, 0.25) is 0 Å². The number of carbonyl (C=O) groups excluding carboxylic acids is 1. The molecule has 3 heterocycles. The van der Waals surface area contributed by atoms with Gasteiger partial charge in [0, 0.05) is 31.2 Å². The second kappa shape index (κ2) is 4.45. The Morgan fingerprint density at radius 2 is 2.00 bits per heavy atom. The van der Waals surface area contributed by atoms with E-state index in [2.05, 4.69) is 25.4 Å². The zero-order valence-electron chi connectivity index (χ0n) is 10.1. The average molecular weight is 254 g/mol. The molecule has 0 saturated heterocycles. The first-order valence-electron chi connectivity index (χ1n) is 5.64. The molecule has 7 nitrogen and oxygen atoms in total. The van der Waals surface area contributed by atoms with E-state index < -0.39 is 0 Å². The second-order valence-corrected chi connectivity index (χ2v) is 3.79. The predicted molar refractivity (Wildman–Crippen MR) is 67.4 cm³/mol. The number of hydrogen-bond acceptors (Lipinski definition) is 5. The Morgan fingerprint density at radius 3 is 2.74 bits per heavy atom. The zero-order valence-corrected chi connectivity index (χ0v) is 10.1. The summed E-state index contributed by atoms with van der Waals surface area (Å²) in [5, 5.41) is 6.86. The molecule has 94 valence electrons. The van der Waals surface area contributed by atoms with Gasteiger partial charge in [0.05, 0.1) is 0 Å². The summed E-state index contributed by atoms with van der Waals surface area (Å²) in [5.41, 5.74) is 1.21. The van der Waals surface area contributed by atoms with Gasteiger partial charge in [-0.2, -0.15) is 9.50 Å². The van der Waals surface area contributed by atoms with Crippen molar-refractivity contribution in [3.8, 4) is 11.4 Å². The van der Waals surface area contributed by atoms with Crippen LogP contribution >= 0.6 is 0 Å². The van der Waals surface area contributed by atoms with Crippen molar-refractivity contribution in [3.63, 3.8) is 0 Å². The molecule has 19 heavy (non-hydrogen) atoms. The van der Waals surface area contributed by atoms with E-state index in [1.54, 1.807) is 37.6 Å². The quantitative estimate of drug-likeness (QED) is 0.721. The molecule has 0 unspecified atom stereocenters. The van der Waals surface area contributed by atoms with E-state index in [4.69, 9.17) is 0 Å². The fraction of sp³-hybridized carbons (Fsp3) is 0.0833. The Kier molecular flexibility index (Phi) is 2.64. The molecule has 0 spiro atoms. The van der Waals surface area contributed by atoms with Crippen LogP contribution in [-0.2, 0) is 0 Å². The van der Waals surface area contributed by atoms with Gasteiger partial charge in [-0.1, -0.05) is 0 Å². The van der Waals surface area contributed by atoms with Crippen LogP contribution in [0.5, 0.6) is 0 Å². The van der Waals surface area contributed by atoms with Crippen molar-refractivity contribution in [2.24, 2.45) is 0 Å². The maximum absolute atomic E-state index is 11.7. The fourth-order valence-electron chi connectivity index (χ4n) is 1.72. The predicted octanol–water partition coefficient (Wildman–Crippen LogP) is 0.546. The summed E-state index contributed by atoms with van der Waals surface area (Å²) in [6.07, 6.45) is 4.85. The topological polar surface area (TPSA) is 85.1 Å². The lowest BCUT2D eigenvalue weighted by Crippen LogP contribution is -2.21. The maximum Gasteiger partial charge on any atom is 0.269 e. The van der Waals surface area contributed by atoms with Gasteiger partial charge in [0.2, 0.25) is 0 Å². The molecule has 0 bridgehead atoms. The molecule has 1 amide bonds. The molecule has 0 atom stereocenters. The number of aromatic nitrogens is 5. The summed E-state index contributed by atoms with van der Waals surface area (Å²) < 4.78 is 1.43. The largest absolute Gasteiger partial charge is 0.354 e. The van der Waals surface area contributed by atoms with Gasteiger partial charge < -0.3 is 5.32 Å².